The average molecular weight is 616 g/mol. The number of benzene rings is 2. The lowest BCUT2D eigenvalue weighted by Gasteiger charge is -2.30. The molecule has 2 atom stereocenters. The molecule has 0 saturated heterocycles. The highest BCUT2D eigenvalue weighted by molar-refractivity contribution is 6.33. The summed E-state index contributed by atoms with van der Waals surface area (Å²) in [6.07, 6.45) is 9.92. The first-order chi connectivity index (χ1) is 21.2. The van der Waals surface area contributed by atoms with E-state index in [2.05, 4.69) is 25.9 Å². The van der Waals surface area contributed by atoms with Gasteiger partial charge in [-0.15, -0.1) is 0 Å². The van der Waals surface area contributed by atoms with Crippen LogP contribution in [0.4, 0.5) is 11.6 Å². The number of hydrogen-bond acceptors (Lipinski definition) is 7. The van der Waals surface area contributed by atoms with Crippen molar-refractivity contribution in [2.24, 2.45) is 0 Å². The highest BCUT2D eigenvalue weighted by atomic mass is 35.5. The summed E-state index contributed by atoms with van der Waals surface area (Å²) in [5.74, 6) is -0.964. The van der Waals surface area contributed by atoms with Crippen LogP contribution in [0.2, 0.25) is 5.02 Å². The molecule has 2 amide bonds. The molecule has 0 aliphatic heterocycles. The zero-order valence-electron chi connectivity index (χ0n) is 24.2. The Balaban J connectivity index is 1.13. The highest BCUT2D eigenvalue weighted by Gasteiger charge is 2.25. The number of carbonyl (C=O) groups is 3. The molecule has 1 fully saturated rings. The Morgan fingerprint density at radius 2 is 1.89 bits per heavy atom. The van der Waals surface area contributed by atoms with Gasteiger partial charge in [0.25, 0.3) is 5.91 Å². The van der Waals surface area contributed by atoms with Crippen LogP contribution in [0.5, 0.6) is 0 Å². The zero-order valence-corrected chi connectivity index (χ0v) is 25.0. The fourth-order valence-corrected chi connectivity index (χ4v) is 5.51. The molecule has 1 aliphatic carbocycles. The number of para-hydroxylation sites is 1. The number of H-pyrrole nitrogens is 1. The van der Waals surface area contributed by atoms with E-state index in [0.717, 1.165) is 42.1 Å². The van der Waals surface area contributed by atoms with Gasteiger partial charge in [0.05, 0.1) is 23.5 Å². The monoisotopic (exact) mass is 615 g/mol. The third-order valence-corrected chi connectivity index (χ3v) is 7.71. The van der Waals surface area contributed by atoms with Gasteiger partial charge in [-0.05, 0) is 63.1 Å². The Morgan fingerprint density at radius 1 is 1.11 bits per heavy atom. The van der Waals surface area contributed by atoms with Crippen molar-refractivity contribution in [2.45, 2.75) is 37.8 Å². The van der Waals surface area contributed by atoms with Crippen molar-refractivity contribution in [1.29, 1.82) is 0 Å². The molecule has 1 saturated carbocycles. The number of carbonyl (C=O) groups excluding carboxylic acids is 2. The van der Waals surface area contributed by atoms with Gasteiger partial charge >= 0.3 is 5.97 Å². The number of halogens is 1. The molecule has 0 radical (unpaired) electrons. The molecule has 0 spiro atoms. The number of nitrogens with zero attached hydrogens (tertiary/aromatic N) is 3. The summed E-state index contributed by atoms with van der Waals surface area (Å²) in [5, 5.41) is 19.6. The number of aliphatic carboxylic acids is 1. The second-order valence-corrected chi connectivity index (χ2v) is 11.3. The zero-order chi connectivity index (χ0) is 31.1. The number of anilines is 2. The first-order valence-corrected chi connectivity index (χ1v) is 14.8. The number of aromatic nitrogens is 3. The van der Waals surface area contributed by atoms with E-state index in [1.54, 1.807) is 48.5 Å². The number of aromatic amines is 1. The molecule has 0 bridgehead atoms. The predicted molar refractivity (Wildman–Crippen MR) is 171 cm³/mol. The Morgan fingerprint density at radius 3 is 2.68 bits per heavy atom. The van der Waals surface area contributed by atoms with Crippen LogP contribution < -0.4 is 16.0 Å². The lowest BCUT2D eigenvalue weighted by molar-refractivity contribution is -0.137. The third-order valence-electron chi connectivity index (χ3n) is 7.44. The van der Waals surface area contributed by atoms with Gasteiger partial charge in [0, 0.05) is 58.6 Å². The van der Waals surface area contributed by atoms with Crippen LogP contribution in [0.15, 0.2) is 73.1 Å². The maximum absolute atomic E-state index is 13.0. The standard InChI is InChI=1S/C32H34ClN7O4/c1-40(19-29(42)43)15-5-10-28(41)36-21-13-11-20(12-14-21)31(44)37-22-6-4-7-23(16-22)38-32-35-18-26(33)30(39-32)25-17-34-27-9-3-2-8-24(25)27/h2-3,5,8-14,17-18,22-23,34H,4,6-7,15-16,19H2,1H3,(H,36,41)(H,37,44)(H,42,43)(H,35,38,39)/t22?,23-/m1/s1. The van der Waals surface area contributed by atoms with E-state index in [9.17, 15) is 14.4 Å². The maximum atomic E-state index is 13.0. The van der Waals surface area contributed by atoms with Crippen molar-refractivity contribution in [1.82, 2.24) is 25.2 Å². The minimum atomic E-state index is -0.932. The summed E-state index contributed by atoms with van der Waals surface area (Å²) in [4.78, 5) is 49.9. The second-order valence-electron chi connectivity index (χ2n) is 10.9. The Hall–Kier alpha value is -4.74. The third kappa shape index (κ3) is 8.00. The van der Waals surface area contributed by atoms with E-state index in [0.29, 0.717) is 34.5 Å². The van der Waals surface area contributed by atoms with Gasteiger partial charge in [-0.2, -0.15) is 0 Å². The summed E-state index contributed by atoms with van der Waals surface area (Å²) < 4.78 is 0. The molecule has 228 valence electrons. The van der Waals surface area contributed by atoms with Crippen LogP contribution in [-0.4, -0.2) is 75.0 Å². The molecule has 5 rings (SSSR count). The minimum Gasteiger partial charge on any atom is -0.480 e. The number of fused-ring (bicyclic) bond motifs is 1. The molecular formula is C32H34ClN7O4. The number of rotatable bonds is 11. The fraction of sp³-hybridized carbons (Fsp3) is 0.281. The summed E-state index contributed by atoms with van der Waals surface area (Å²) in [5.41, 5.74) is 3.61. The molecule has 5 N–H and O–H groups in total. The molecular weight excluding hydrogens is 582 g/mol. The van der Waals surface area contributed by atoms with E-state index in [1.165, 1.54) is 6.08 Å². The van der Waals surface area contributed by atoms with E-state index in [4.69, 9.17) is 21.7 Å². The van der Waals surface area contributed by atoms with Gasteiger partial charge in [-0.1, -0.05) is 35.9 Å². The summed E-state index contributed by atoms with van der Waals surface area (Å²) in [6.45, 7) is 0.215. The van der Waals surface area contributed by atoms with Crippen LogP contribution in [0.25, 0.3) is 22.2 Å². The Bertz CT molecular complexity index is 1670. The van der Waals surface area contributed by atoms with E-state index >= 15 is 0 Å². The highest BCUT2D eigenvalue weighted by Crippen LogP contribution is 2.32. The largest absolute Gasteiger partial charge is 0.480 e. The number of likely N-dealkylation sites (N-methyl/N-ethyl adjacent to an activating group) is 1. The van der Waals surface area contributed by atoms with Gasteiger partial charge in [-0.25, -0.2) is 9.97 Å². The second kappa shape index (κ2) is 14.2. The first kappa shape index (κ1) is 30.7. The number of carboxylic acid groups (broad SMARTS) is 1. The molecule has 11 nitrogen and oxygen atoms in total. The number of hydrogen-bond donors (Lipinski definition) is 5. The Kier molecular flexibility index (Phi) is 9.88. The van der Waals surface area contributed by atoms with Gasteiger partial charge in [0.1, 0.15) is 0 Å². The molecule has 1 aliphatic rings. The lowest BCUT2D eigenvalue weighted by Crippen LogP contribution is -2.42. The topological polar surface area (TPSA) is 152 Å². The van der Waals surface area contributed by atoms with E-state index in [1.807, 2.05) is 30.5 Å². The number of carboxylic acids is 1. The van der Waals surface area contributed by atoms with Gasteiger partial charge in [-0.3, -0.25) is 19.3 Å². The van der Waals surface area contributed by atoms with Crippen LogP contribution in [-0.2, 0) is 9.59 Å². The summed E-state index contributed by atoms with van der Waals surface area (Å²) >= 11 is 6.49. The number of nitrogens with one attached hydrogen (secondary N) is 4. The lowest BCUT2D eigenvalue weighted by atomic mass is 9.91. The van der Waals surface area contributed by atoms with Gasteiger partial charge < -0.3 is 26.0 Å². The van der Waals surface area contributed by atoms with Crippen LogP contribution in [0, 0.1) is 0 Å². The van der Waals surface area contributed by atoms with Crippen LogP contribution >= 0.6 is 11.6 Å². The first-order valence-electron chi connectivity index (χ1n) is 14.4. The molecule has 2 heterocycles. The van der Waals surface area contributed by atoms with Crippen molar-refractivity contribution in [3.05, 3.63) is 83.7 Å². The average Bonchev–Trinajstić information content (AvgIpc) is 3.42. The van der Waals surface area contributed by atoms with E-state index < -0.39 is 5.97 Å². The van der Waals surface area contributed by atoms with Gasteiger partial charge in [0.15, 0.2) is 0 Å². The van der Waals surface area contributed by atoms with Crippen LogP contribution in [0.1, 0.15) is 36.0 Å². The molecule has 4 aromatic rings. The Labute approximate surface area is 259 Å². The van der Waals surface area contributed by atoms with Crippen molar-refractivity contribution in [3.8, 4) is 11.3 Å². The van der Waals surface area contributed by atoms with Crippen molar-refractivity contribution < 1.29 is 19.5 Å². The van der Waals surface area contributed by atoms with Crippen molar-refractivity contribution >= 4 is 51.9 Å². The minimum absolute atomic E-state index is 0.0158. The van der Waals surface area contributed by atoms with Crippen molar-refractivity contribution in [2.75, 3.05) is 30.8 Å². The number of amides is 2. The quantitative estimate of drug-likeness (QED) is 0.149. The van der Waals surface area contributed by atoms with Crippen LogP contribution in [0.3, 0.4) is 0 Å². The normalized spacial score (nSPS) is 16.7. The molecule has 1 unspecified atom stereocenters. The SMILES string of the molecule is CN(CC=CC(=O)Nc1ccc(C(=O)NC2CCC[C@@H](Nc3ncc(Cl)c(-c4c[nH]c5ccccc45)n3)C2)cc1)CC(=O)O. The van der Waals surface area contributed by atoms with Crippen molar-refractivity contribution in [3.63, 3.8) is 0 Å². The smallest absolute Gasteiger partial charge is 0.317 e. The fourth-order valence-electron chi connectivity index (χ4n) is 5.32. The maximum Gasteiger partial charge on any atom is 0.317 e. The predicted octanol–water partition coefficient (Wildman–Crippen LogP) is 4.94. The molecule has 44 heavy (non-hydrogen) atoms. The summed E-state index contributed by atoms with van der Waals surface area (Å²) in [6, 6.07) is 14.7. The molecule has 2 aromatic carbocycles. The molecule has 2 aromatic heterocycles. The van der Waals surface area contributed by atoms with E-state index in [-0.39, 0.29) is 30.4 Å². The molecule has 12 heteroatoms. The summed E-state index contributed by atoms with van der Waals surface area (Å²) in [7, 11) is 1.65. The van der Waals surface area contributed by atoms with Gasteiger partial charge in [0.2, 0.25) is 11.9 Å².